The van der Waals surface area contributed by atoms with Gasteiger partial charge in [0.05, 0.1) is 11.7 Å². The summed E-state index contributed by atoms with van der Waals surface area (Å²) in [6, 6.07) is -0.00859. The maximum atomic E-state index is 6.08. The summed E-state index contributed by atoms with van der Waals surface area (Å²) in [6.45, 7) is 6.13. The molecule has 0 aliphatic carbocycles. The van der Waals surface area contributed by atoms with Gasteiger partial charge in [0, 0.05) is 17.8 Å². The molecule has 2 aromatic rings. The van der Waals surface area contributed by atoms with E-state index in [1.54, 1.807) is 23.7 Å². The summed E-state index contributed by atoms with van der Waals surface area (Å²) in [6.07, 6.45) is 3.37. The van der Waals surface area contributed by atoms with Crippen LogP contribution in [0.3, 0.4) is 0 Å². The van der Waals surface area contributed by atoms with Crippen LogP contribution in [0.15, 0.2) is 17.8 Å². The van der Waals surface area contributed by atoms with Gasteiger partial charge in [-0.3, -0.25) is 9.97 Å². The van der Waals surface area contributed by atoms with E-state index in [0.29, 0.717) is 5.92 Å². The molecule has 4 nitrogen and oxygen atoms in total. The van der Waals surface area contributed by atoms with Crippen molar-refractivity contribution < 1.29 is 0 Å². The van der Waals surface area contributed by atoms with Crippen molar-refractivity contribution in [2.24, 2.45) is 11.7 Å². The molecule has 90 valence electrons. The van der Waals surface area contributed by atoms with E-state index in [4.69, 9.17) is 5.73 Å². The van der Waals surface area contributed by atoms with Gasteiger partial charge in [-0.1, -0.05) is 13.8 Å². The highest BCUT2D eigenvalue weighted by Crippen LogP contribution is 2.27. The Morgan fingerprint density at radius 3 is 2.59 bits per heavy atom. The third kappa shape index (κ3) is 2.50. The van der Waals surface area contributed by atoms with E-state index in [2.05, 4.69) is 28.8 Å². The van der Waals surface area contributed by atoms with Crippen molar-refractivity contribution in [3.63, 3.8) is 0 Å². The molecule has 17 heavy (non-hydrogen) atoms. The molecular weight excluding hydrogens is 232 g/mol. The second-order valence-corrected chi connectivity index (χ2v) is 5.22. The molecule has 2 N–H and O–H groups in total. The smallest absolute Gasteiger partial charge is 0.111 e. The molecule has 0 saturated carbocycles. The van der Waals surface area contributed by atoms with Gasteiger partial charge in [-0.15, -0.1) is 11.3 Å². The first-order valence-corrected chi connectivity index (χ1v) is 6.46. The topological polar surface area (TPSA) is 64.7 Å². The van der Waals surface area contributed by atoms with Gasteiger partial charge in [0.1, 0.15) is 16.4 Å². The summed E-state index contributed by atoms with van der Waals surface area (Å²) in [4.78, 5) is 13.1. The Morgan fingerprint density at radius 1 is 1.24 bits per heavy atom. The summed E-state index contributed by atoms with van der Waals surface area (Å²) < 4.78 is 0. The molecule has 0 radical (unpaired) electrons. The van der Waals surface area contributed by atoms with Crippen LogP contribution in [-0.2, 0) is 0 Å². The van der Waals surface area contributed by atoms with Crippen LogP contribution in [0.4, 0.5) is 0 Å². The van der Waals surface area contributed by atoms with Gasteiger partial charge in [0.25, 0.3) is 0 Å². The van der Waals surface area contributed by atoms with E-state index >= 15 is 0 Å². The Bertz CT molecular complexity index is 507. The maximum absolute atomic E-state index is 6.08. The number of hydrogen-bond donors (Lipinski definition) is 1. The van der Waals surface area contributed by atoms with Crippen molar-refractivity contribution in [3.05, 3.63) is 28.5 Å². The number of rotatable bonds is 3. The average Bonchev–Trinajstić information content (AvgIpc) is 2.77. The molecule has 1 unspecified atom stereocenters. The molecule has 2 aromatic heterocycles. The zero-order chi connectivity index (χ0) is 12.4. The van der Waals surface area contributed by atoms with Gasteiger partial charge in [-0.25, -0.2) is 4.98 Å². The lowest BCUT2D eigenvalue weighted by atomic mass is 10.1. The van der Waals surface area contributed by atoms with Gasteiger partial charge in [-0.05, 0) is 12.8 Å². The van der Waals surface area contributed by atoms with Crippen molar-refractivity contribution in [2.75, 3.05) is 0 Å². The van der Waals surface area contributed by atoms with Gasteiger partial charge in [-0.2, -0.15) is 0 Å². The van der Waals surface area contributed by atoms with Gasteiger partial charge < -0.3 is 5.73 Å². The third-order valence-electron chi connectivity index (χ3n) is 2.65. The molecular formula is C12H16N4S. The predicted molar refractivity (Wildman–Crippen MR) is 69.6 cm³/mol. The molecule has 0 aliphatic heterocycles. The monoisotopic (exact) mass is 248 g/mol. The Balaban J connectivity index is 2.34. The highest BCUT2D eigenvalue weighted by Gasteiger charge is 2.16. The third-order valence-corrected chi connectivity index (χ3v) is 3.60. The fraction of sp³-hybridized carbons (Fsp3) is 0.417. The molecule has 0 bridgehead atoms. The van der Waals surface area contributed by atoms with E-state index in [-0.39, 0.29) is 6.04 Å². The number of hydrogen-bond acceptors (Lipinski definition) is 5. The van der Waals surface area contributed by atoms with Crippen LogP contribution in [0.5, 0.6) is 0 Å². The Kier molecular flexibility index (Phi) is 3.49. The minimum Gasteiger partial charge on any atom is -0.322 e. The number of aromatic nitrogens is 3. The first-order valence-electron chi connectivity index (χ1n) is 5.58. The molecule has 0 aliphatic rings. The molecule has 0 spiro atoms. The van der Waals surface area contributed by atoms with Gasteiger partial charge in [0.2, 0.25) is 0 Å². The molecule has 2 rings (SSSR count). The van der Waals surface area contributed by atoms with Crippen LogP contribution in [0.1, 0.15) is 30.6 Å². The zero-order valence-electron chi connectivity index (χ0n) is 10.2. The fourth-order valence-electron chi connectivity index (χ4n) is 1.49. The molecule has 0 saturated heterocycles. The lowest BCUT2D eigenvalue weighted by molar-refractivity contribution is 0.512. The van der Waals surface area contributed by atoms with E-state index in [9.17, 15) is 0 Å². The van der Waals surface area contributed by atoms with E-state index < -0.39 is 0 Å². The average molecular weight is 248 g/mol. The lowest BCUT2D eigenvalue weighted by Crippen LogP contribution is -2.16. The van der Waals surface area contributed by atoms with Crippen molar-refractivity contribution >= 4 is 11.3 Å². The summed E-state index contributed by atoms with van der Waals surface area (Å²) in [7, 11) is 0. The van der Waals surface area contributed by atoms with Crippen LogP contribution in [0.2, 0.25) is 0 Å². The first-order chi connectivity index (χ1) is 8.09. The Morgan fingerprint density at radius 2 is 1.94 bits per heavy atom. The minimum absolute atomic E-state index is 0.00859. The van der Waals surface area contributed by atoms with Crippen molar-refractivity contribution in [3.8, 4) is 11.4 Å². The molecule has 0 fully saturated rings. The number of aryl methyl sites for hydroxylation is 1. The van der Waals surface area contributed by atoms with E-state index in [1.165, 1.54) is 0 Å². The number of nitrogens with two attached hydrogens (primary N) is 1. The zero-order valence-corrected chi connectivity index (χ0v) is 11.0. The second-order valence-electron chi connectivity index (χ2n) is 4.33. The minimum atomic E-state index is -0.00859. The van der Waals surface area contributed by atoms with Crippen LogP contribution >= 0.6 is 11.3 Å². The predicted octanol–water partition coefficient (Wildman–Crippen LogP) is 2.56. The summed E-state index contributed by atoms with van der Waals surface area (Å²) >= 11 is 1.59. The Hall–Kier alpha value is -1.33. The van der Waals surface area contributed by atoms with Gasteiger partial charge in [0.15, 0.2) is 0 Å². The highest BCUT2D eigenvalue weighted by molar-refractivity contribution is 7.10. The SMILES string of the molecule is Cc1nccnc1-c1csc(C(N)C(C)C)n1. The van der Waals surface area contributed by atoms with E-state index in [0.717, 1.165) is 22.1 Å². The quantitative estimate of drug-likeness (QED) is 0.906. The van der Waals surface area contributed by atoms with Crippen molar-refractivity contribution in [2.45, 2.75) is 26.8 Å². The maximum Gasteiger partial charge on any atom is 0.111 e. The lowest BCUT2D eigenvalue weighted by Gasteiger charge is -2.11. The molecule has 0 aromatic carbocycles. The fourth-order valence-corrected chi connectivity index (χ4v) is 2.47. The van der Waals surface area contributed by atoms with Crippen LogP contribution < -0.4 is 5.73 Å². The summed E-state index contributed by atoms with van der Waals surface area (Å²) in [5.41, 5.74) is 8.68. The van der Waals surface area contributed by atoms with Gasteiger partial charge >= 0.3 is 0 Å². The van der Waals surface area contributed by atoms with E-state index in [1.807, 2.05) is 12.3 Å². The van der Waals surface area contributed by atoms with Crippen LogP contribution in [0, 0.1) is 12.8 Å². The number of thiazole rings is 1. The normalized spacial score (nSPS) is 13.0. The number of nitrogens with zero attached hydrogens (tertiary/aromatic N) is 3. The highest BCUT2D eigenvalue weighted by atomic mass is 32.1. The second kappa shape index (κ2) is 4.89. The summed E-state index contributed by atoms with van der Waals surface area (Å²) in [5, 5.41) is 2.95. The molecule has 0 amide bonds. The first kappa shape index (κ1) is 12.1. The molecule has 1 atom stereocenters. The largest absolute Gasteiger partial charge is 0.322 e. The van der Waals surface area contributed by atoms with Crippen LogP contribution in [0.25, 0.3) is 11.4 Å². The molecule has 2 heterocycles. The van der Waals surface area contributed by atoms with Crippen LogP contribution in [-0.4, -0.2) is 15.0 Å². The standard InChI is InChI=1S/C12H16N4S/c1-7(2)10(13)12-16-9(6-17-12)11-8(3)14-4-5-15-11/h4-7,10H,13H2,1-3H3. The Labute approximate surface area is 105 Å². The summed E-state index contributed by atoms with van der Waals surface area (Å²) in [5.74, 6) is 0.386. The van der Waals surface area contributed by atoms with Crippen molar-refractivity contribution in [1.82, 2.24) is 15.0 Å². The molecule has 5 heteroatoms. The van der Waals surface area contributed by atoms with Crippen molar-refractivity contribution in [1.29, 1.82) is 0 Å².